The van der Waals surface area contributed by atoms with Crippen molar-refractivity contribution in [2.75, 3.05) is 26.3 Å². The van der Waals surface area contributed by atoms with E-state index >= 15 is 0 Å². The topological polar surface area (TPSA) is 82.1 Å². The average Bonchev–Trinajstić information content (AvgIpc) is 3.53. The van der Waals surface area contributed by atoms with E-state index in [2.05, 4.69) is 9.97 Å². The molecule has 30 heavy (non-hydrogen) atoms. The summed E-state index contributed by atoms with van der Waals surface area (Å²) in [4.78, 5) is 23.8. The van der Waals surface area contributed by atoms with E-state index in [1.54, 1.807) is 11.1 Å². The molecule has 0 N–H and O–H groups in total. The lowest BCUT2D eigenvalue weighted by Crippen LogP contribution is -2.37. The Morgan fingerprint density at radius 2 is 1.97 bits per heavy atom. The maximum absolute atomic E-state index is 13.2. The van der Waals surface area contributed by atoms with Gasteiger partial charge in [0.25, 0.3) is 5.91 Å². The van der Waals surface area contributed by atoms with Crippen LogP contribution in [0.5, 0.6) is 0 Å². The second-order valence-electron chi connectivity index (χ2n) is 7.79. The van der Waals surface area contributed by atoms with Gasteiger partial charge in [0.1, 0.15) is 16.9 Å². The van der Waals surface area contributed by atoms with Crippen molar-refractivity contribution in [3.8, 4) is 11.1 Å². The van der Waals surface area contributed by atoms with Crippen LogP contribution < -0.4 is 0 Å². The molecular weight excluding hydrogens is 384 g/mol. The summed E-state index contributed by atoms with van der Waals surface area (Å²) in [6, 6.07) is 9.81. The minimum atomic E-state index is -0.632. The SMILES string of the molecule is Cc1nc2cc(-c3ccc4ncc(C(=O)N5CCC6(C5)OCCO6)n4c3)ccc2o1. The van der Waals surface area contributed by atoms with E-state index in [1.165, 1.54) is 0 Å². The second kappa shape index (κ2) is 6.38. The Labute approximate surface area is 172 Å². The van der Waals surface area contributed by atoms with Crippen LogP contribution in [0.2, 0.25) is 0 Å². The fourth-order valence-electron chi connectivity index (χ4n) is 4.35. The van der Waals surface area contributed by atoms with E-state index < -0.39 is 5.79 Å². The van der Waals surface area contributed by atoms with Crippen molar-refractivity contribution in [1.82, 2.24) is 19.3 Å². The van der Waals surface area contributed by atoms with Crippen molar-refractivity contribution in [3.63, 3.8) is 0 Å². The number of imidazole rings is 1. The number of aryl methyl sites for hydroxylation is 1. The van der Waals surface area contributed by atoms with Gasteiger partial charge in [0, 0.05) is 26.1 Å². The molecule has 0 saturated carbocycles. The third-order valence-electron chi connectivity index (χ3n) is 5.85. The molecule has 3 aromatic heterocycles. The molecule has 0 unspecified atom stereocenters. The molecule has 4 aromatic rings. The van der Waals surface area contributed by atoms with Crippen LogP contribution in [-0.2, 0) is 9.47 Å². The number of fused-ring (bicyclic) bond motifs is 2. The lowest BCUT2D eigenvalue weighted by Gasteiger charge is -2.22. The van der Waals surface area contributed by atoms with E-state index in [0.29, 0.717) is 44.3 Å². The molecule has 1 aromatic carbocycles. The van der Waals surface area contributed by atoms with Crippen molar-refractivity contribution >= 4 is 22.7 Å². The van der Waals surface area contributed by atoms with Crippen LogP contribution in [0.25, 0.3) is 27.9 Å². The summed E-state index contributed by atoms with van der Waals surface area (Å²) in [6.07, 6.45) is 4.27. The van der Waals surface area contributed by atoms with Crippen molar-refractivity contribution in [1.29, 1.82) is 0 Å². The number of aromatic nitrogens is 3. The number of carbonyl (C=O) groups is 1. The van der Waals surface area contributed by atoms with Gasteiger partial charge in [-0.05, 0) is 35.4 Å². The summed E-state index contributed by atoms with van der Waals surface area (Å²) in [5, 5.41) is 0. The first-order valence-electron chi connectivity index (χ1n) is 10.0. The molecule has 2 saturated heterocycles. The first-order chi connectivity index (χ1) is 14.6. The minimum absolute atomic E-state index is 0.0711. The number of hydrogen-bond donors (Lipinski definition) is 0. The number of ether oxygens (including phenoxy) is 2. The molecule has 0 aliphatic carbocycles. The summed E-state index contributed by atoms with van der Waals surface area (Å²) in [6.45, 7) is 4.04. The zero-order valence-corrected chi connectivity index (χ0v) is 16.5. The quantitative estimate of drug-likeness (QED) is 0.511. The first-order valence-corrected chi connectivity index (χ1v) is 10.0. The lowest BCUT2D eigenvalue weighted by atomic mass is 10.1. The van der Waals surface area contributed by atoms with E-state index in [4.69, 9.17) is 13.9 Å². The maximum atomic E-state index is 13.2. The number of benzene rings is 1. The van der Waals surface area contributed by atoms with E-state index in [1.807, 2.05) is 47.9 Å². The average molecular weight is 404 g/mol. The zero-order chi connectivity index (χ0) is 20.3. The lowest BCUT2D eigenvalue weighted by molar-refractivity contribution is -0.143. The number of amides is 1. The van der Waals surface area contributed by atoms with E-state index in [0.717, 1.165) is 27.9 Å². The van der Waals surface area contributed by atoms with Gasteiger partial charge >= 0.3 is 0 Å². The number of carbonyl (C=O) groups excluding carboxylic acids is 1. The van der Waals surface area contributed by atoms with Gasteiger partial charge in [-0.15, -0.1) is 0 Å². The summed E-state index contributed by atoms with van der Waals surface area (Å²) in [5.41, 5.74) is 4.79. The smallest absolute Gasteiger partial charge is 0.272 e. The van der Waals surface area contributed by atoms with E-state index in [9.17, 15) is 4.79 Å². The fourth-order valence-corrected chi connectivity index (χ4v) is 4.35. The molecule has 0 atom stereocenters. The normalized spacial score (nSPS) is 18.2. The van der Waals surface area contributed by atoms with Gasteiger partial charge in [-0.25, -0.2) is 9.97 Å². The summed E-state index contributed by atoms with van der Waals surface area (Å²) >= 11 is 0. The molecule has 2 aliphatic rings. The van der Waals surface area contributed by atoms with Crippen LogP contribution in [0.3, 0.4) is 0 Å². The third-order valence-corrected chi connectivity index (χ3v) is 5.85. The molecule has 0 radical (unpaired) electrons. The highest BCUT2D eigenvalue weighted by Gasteiger charge is 2.45. The zero-order valence-electron chi connectivity index (χ0n) is 16.5. The van der Waals surface area contributed by atoms with Gasteiger partial charge in [0.15, 0.2) is 17.3 Å². The minimum Gasteiger partial charge on any atom is -0.441 e. The number of pyridine rings is 1. The van der Waals surface area contributed by atoms with Gasteiger partial charge in [0.2, 0.25) is 0 Å². The Bertz CT molecular complexity index is 1290. The molecule has 0 bridgehead atoms. The van der Waals surface area contributed by atoms with Gasteiger partial charge in [0.05, 0.1) is 26.0 Å². The van der Waals surface area contributed by atoms with Crippen LogP contribution >= 0.6 is 0 Å². The van der Waals surface area contributed by atoms with Gasteiger partial charge in [-0.2, -0.15) is 0 Å². The fraction of sp³-hybridized carbons (Fsp3) is 0.318. The molecular formula is C22H20N4O4. The third kappa shape index (κ3) is 2.72. The van der Waals surface area contributed by atoms with Crippen LogP contribution in [0.15, 0.2) is 47.1 Å². The predicted molar refractivity (Wildman–Crippen MR) is 108 cm³/mol. The molecule has 8 nitrogen and oxygen atoms in total. The first kappa shape index (κ1) is 17.6. The summed E-state index contributed by atoms with van der Waals surface area (Å²) < 4.78 is 18.9. The van der Waals surface area contributed by atoms with Crippen LogP contribution in [0.1, 0.15) is 22.8 Å². The molecule has 2 fully saturated rings. The Morgan fingerprint density at radius 3 is 2.83 bits per heavy atom. The van der Waals surface area contributed by atoms with Crippen molar-refractivity contribution in [2.24, 2.45) is 0 Å². The summed E-state index contributed by atoms with van der Waals surface area (Å²) in [5.74, 6) is -0.0659. The standard InChI is InChI=1S/C22H20N4O4/c1-14-24-17-10-15(2-4-19(17)30-14)16-3-5-20-23-11-18(26(20)12-16)21(27)25-7-6-22(13-25)28-8-9-29-22/h2-5,10-12H,6-9,13H2,1H3. The molecule has 6 rings (SSSR count). The van der Waals surface area contributed by atoms with Crippen molar-refractivity contribution < 1.29 is 18.7 Å². The molecule has 8 heteroatoms. The Kier molecular flexibility index (Phi) is 3.75. The molecule has 1 spiro atoms. The van der Waals surface area contributed by atoms with E-state index in [-0.39, 0.29) is 5.91 Å². The molecule has 5 heterocycles. The van der Waals surface area contributed by atoms with Gasteiger partial charge in [-0.3, -0.25) is 9.20 Å². The number of hydrogen-bond acceptors (Lipinski definition) is 6. The van der Waals surface area contributed by atoms with Crippen molar-refractivity contribution in [3.05, 3.63) is 54.3 Å². The highest BCUT2D eigenvalue weighted by Crippen LogP contribution is 2.31. The number of nitrogens with zero attached hydrogens (tertiary/aromatic N) is 4. The predicted octanol–water partition coefficient (Wildman–Crippen LogP) is 3.04. The molecule has 2 aliphatic heterocycles. The Balaban J connectivity index is 1.35. The van der Waals surface area contributed by atoms with Crippen molar-refractivity contribution in [2.45, 2.75) is 19.1 Å². The number of likely N-dealkylation sites (tertiary alicyclic amines) is 1. The van der Waals surface area contributed by atoms with Crippen LogP contribution in [0, 0.1) is 6.92 Å². The largest absolute Gasteiger partial charge is 0.441 e. The monoisotopic (exact) mass is 404 g/mol. The second-order valence-corrected chi connectivity index (χ2v) is 7.79. The summed E-state index contributed by atoms with van der Waals surface area (Å²) in [7, 11) is 0. The van der Waals surface area contributed by atoms with Crippen LogP contribution in [-0.4, -0.2) is 57.3 Å². The Morgan fingerprint density at radius 1 is 1.13 bits per heavy atom. The van der Waals surface area contributed by atoms with Crippen LogP contribution in [0.4, 0.5) is 0 Å². The maximum Gasteiger partial charge on any atom is 0.272 e. The van der Waals surface area contributed by atoms with Gasteiger partial charge in [-0.1, -0.05) is 6.07 Å². The highest BCUT2D eigenvalue weighted by molar-refractivity contribution is 5.94. The number of rotatable bonds is 2. The molecule has 152 valence electrons. The highest BCUT2D eigenvalue weighted by atomic mass is 16.7. The molecule has 1 amide bonds. The Hall–Kier alpha value is -3.23. The number of oxazole rings is 1. The van der Waals surface area contributed by atoms with Gasteiger partial charge < -0.3 is 18.8 Å².